The number of benzene rings is 3. The summed E-state index contributed by atoms with van der Waals surface area (Å²) >= 11 is 6.01. The Morgan fingerprint density at radius 3 is 2.20 bits per heavy atom. The Kier molecular flexibility index (Phi) is 9.53. The van der Waals surface area contributed by atoms with E-state index in [-0.39, 0.29) is 23.4 Å². The number of rotatable bonds is 10. The molecule has 0 aliphatic heterocycles. The summed E-state index contributed by atoms with van der Waals surface area (Å²) in [6, 6.07) is 19.8. The standard InChI is InChI=1S/C31H36ClN3O4S/c1-22-12-16-28(17-13-22)35(40(38,39)29-18-14-26(32)15-19-29)21-30(36)34(20-25-9-5-4-8-23(25)2)24(3)31(37)33-27-10-6-7-11-27/h4-5,8-9,12-19,24,27H,6-7,10-11,20-21H2,1-3H3,(H,33,37)/t24-/m1/s1. The van der Waals surface area contributed by atoms with Crippen LogP contribution in [0.2, 0.25) is 5.02 Å². The van der Waals surface area contributed by atoms with E-state index in [0.717, 1.165) is 46.7 Å². The fourth-order valence-corrected chi connectivity index (χ4v) is 6.46. The number of hydrogen-bond acceptors (Lipinski definition) is 4. The molecule has 0 spiro atoms. The van der Waals surface area contributed by atoms with Gasteiger partial charge in [-0.1, -0.05) is 66.4 Å². The van der Waals surface area contributed by atoms with Crippen molar-refractivity contribution in [3.05, 3.63) is 94.5 Å². The molecule has 1 fully saturated rings. The number of hydrogen-bond donors (Lipinski definition) is 1. The summed E-state index contributed by atoms with van der Waals surface area (Å²) in [5.41, 5.74) is 3.18. The Balaban J connectivity index is 1.69. The van der Waals surface area contributed by atoms with E-state index in [1.165, 1.54) is 29.2 Å². The van der Waals surface area contributed by atoms with E-state index in [2.05, 4.69) is 5.32 Å². The Labute approximate surface area is 242 Å². The van der Waals surface area contributed by atoms with Crippen molar-refractivity contribution in [3.8, 4) is 0 Å². The predicted molar refractivity (Wildman–Crippen MR) is 159 cm³/mol. The lowest BCUT2D eigenvalue weighted by Crippen LogP contribution is -2.52. The van der Waals surface area contributed by atoms with Gasteiger partial charge in [0.2, 0.25) is 11.8 Å². The van der Waals surface area contributed by atoms with Crippen LogP contribution in [-0.2, 0) is 26.2 Å². The molecule has 1 aliphatic carbocycles. The number of amides is 2. The van der Waals surface area contributed by atoms with Crippen molar-refractivity contribution in [2.75, 3.05) is 10.8 Å². The van der Waals surface area contributed by atoms with E-state index in [4.69, 9.17) is 11.6 Å². The molecule has 9 heteroatoms. The third-order valence-electron chi connectivity index (χ3n) is 7.47. The molecular formula is C31H36ClN3O4S. The molecule has 1 saturated carbocycles. The molecule has 0 bridgehead atoms. The van der Waals surface area contributed by atoms with E-state index < -0.39 is 28.5 Å². The largest absolute Gasteiger partial charge is 0.352 e. The molecule has 7 nitrogen and oxygen atoms in total. The highest BCUT2D eigenvalue weighted by Crippen LogP contribution is 2.26. The van der Waals surface area contributed by atoms with Crippen LogP contribution in [0.4, 0.5) is 5.69 Å². The maximum Gasteiger partial charge on any atom is 0.264 e. The average Bonchev–Trinajstić information content (AvgIpc) is 3.44. The van der Waals surface area contributed by atoms with E-state index in [1.807, 2.05) is 38.1 Å². The minimum absolute atomic E-state index is 0.0164. The first-order valence-electron chi connectivity index (χ1n) is 13.6. The van der Waals surface area contributed by atoms with E-state index in [1.54, 1.807) is 31.2 Å². The summed E-state index contributed by atoms with van der Waals surface area (Å²) in [4.78, 5) is 28.9. The molecule has 1 N–H and O–H groups in total. The molecule has 3 aromatic carbocycles. The molecule has 0 unspecified atom stereocenters. The lowest BCUT2D eigenvalue weighted by Gasteiger charge is -2.33. The Hall–Kier alpha value is -3.36. The van der Waals surface area contributed by atoms with Crippen LogP contribution in [0.25, 0.3) is 0 Å². The zero-order valence-electron chi connectivity index (χ0n) is 23.1. The summed E-state index contributed by atoms with van der Waals surface area (Å²) in [5.74, 6) is -0.716. The van der Waals surface area contributed by atoms with Crippen LogP contribution in [0.5, 0.6) is 0 Å². The number of anilines is 1. The maximum atomic E-state index is 14.0. The fourth-order valence-electron chi connectivity index (χ4n) is 4.92. The van der Waals surface area contributed by atoms with Crippen molar-refractivity contribution in [2.45, 2.75) is 70.0 Å². The summed E-state index contributed by atoms with van der Waals surface area (Å²) < 4.78 is 28.8. The first kappa shape index (κ1) is 29.6. The molecule has 0 heterocycles. The molecule has 1 atom stereocenters. The minimum Gasteiger partial charge on any atom is -0.352 e. The molecule has 0 saturated heterocycles. The smallest absolute Gasteiger partial charge is 0.264 e. The Morgan fingerprint density at radius 1 is 0.950 bits per heavy atom. The summed E-state index contributed by atoms with van der Waals surface area (Å²) in [7, 11) is -4.13. The van der Waals surface area contributed by atoms with Gasteiger partial charge in [0.25, 0.3) is 10.0 Å². The van der Waals surface area contributed by atoms with Gasteiger partial charge in [0.1, 0.15) is 12.6 Å². The van der Waals surface area contributed by atoms with Crippen molar-refractivity contribution in [1.29, 1.82) is 0 Å². The second-order valence-electron chi connectivity index (χ2n) is 10.4. The molecular weight excluding hydrogens is 546 g/mol. The van der Waals surface area contributed by atoms with E-state index >= 15 is 0 Å². The SMILES string of the molecule is Cc1ccc(N(CC(=O)N(Cc2ccccc2C)[C@H](C)C(=O)NC2CCCC2)S(=O)(=O)c2ccc(Cl)cc2)cc1. The van der Waals surface area contributed by atoms with E-state index in [9.17, 15) is 18.0 Å². The van der Waals surface area contributed by atoms with Gasteiger partial charge < -0.3 is 10.2 Å². The minimum atomic E-state index is -4.13. The normalized spacial score (nSPS) is 14.5. The van der Waals surface area contributed by atoms with Crippen LogP contribution in [0.15, 0.2) is 77.7 Å². The third-order valence-corrected chi connectivity index (χ3v) is 9.51. The zero-order chi connectivity index (χ0) is 28.9. The number of nitrogens with one attached hydrogen (secondary N) is 1. The van der Waals surface area contributed by atoms with Gasteiger partial charge in [0, 0.05) is 17.6 Å². The van der Waals surface area contributed by atoms with Crippen molar-refractivity contribution >= 4 is 39.1 Å². The zero-order valence-corrected chi connectivity index (χ0v) is 24.7. The topological polar surface area (TPSA) is 86.8 Å². The highest BCUT2D eigenvalue weighted by Gasteiger charge is 2.33. The lowest BCUT2D eigenvalue weighted by atomic mass is 10.1. The predicted octanol–water partition coefficient (Wildman–Crippen LogP) is 5.63. The number of sulfonamides is 1. The molecule has 40 heavy (non-hydrogen) atoms. The van der Waals surface area contributed by atoms with Gasteiger partial charge in [-0.15, -0.1) is 0 Å². The van der Waals surface area contributed by atoms with Gasteiger partial charge in [-0.2, -0.15) is 0 Å². The van der Waals surface area contributed by atoms with Gasteiger partial charge in [0.15, 0.2) is 0 Å². The van der Waals surface area contributed by atoms with Crippen LogP contribution in [0.1, 0.15) is 49.3 Å². The summed E-state index contributed by atoms with van der Waals surface area (Å²) in [6.45, 7) is 5.26. The van der Waals surface area contributed by atoms with Gasteiger partial charge in [-0.3, -0.25) is 13.9 Å². The molecule has 0 radical (unpaired) electrons. The summed E-state index contributed by atoms with van der Waals surface area (Å²) in [5, 5.41) is 3.50. The quantitative estimate of drug-likeness (QED) is 0.336. The first-order valence-corrected chi connectivity index (χ1v) is 15.4. The van der Waals surface area contributed by atoms with Crippen LogP contribution >= 0.6 is 11.6 Å². The fraction of sp³-hybridized carbons (Fsp3) is 0.355. The molecule has 0 aromatic heterocycles. The van der Waals surface area contributed by atoms with Gasteiger partial charge >= 0.3 is 0 Å². The van der Waals surface area contributed by atoms with Crippen LogP contribution in [-0.4, -0.2) is 43.8 Å². The van der Waals surface area contributed by atoms with Crippen LogP contribution < -0.4 is 9.62 Å². The van der Waals surface area contributed by atoms with Gasteiger partial charge in [-0.25, -0.2) is 8.42 Å². The second-order valence-corrected chi connectivity index (χ2v) is 12.7. The first-order chi connectivity index (χ1) is 19.1. The van der Waals surface area contributed by atoms with Crippen molar-refractivity contribution in [2.24, 2.45) is 0 Å². The van der Waals surface area contributed by atoms with Crippen molar-refractivity contribution < 1.29 is 18.0 Å². The highest BCUT2D eigenvalue weighted by molar-refractivity contribution is 7.92. The van der Waals surface area contributed by atoms with Gasteiger partial charge in [0.05, 0.1) is 10.6 Å². The molecule has 3 aromatic rings. The monoisotopic (exact) mass is 581 g/mol. The maximum absolute atomic E-state index is 14.0. The van der Waals surface area contributed by atoms with E-state index in [0.29, 0.717) is 10.7 Å². The van der Waals surface area contributed by atoms with Crippen molar-refractivity contribution in [3.63, 3.8) is 0 Å². The van der Waals surface area contributed by atoms with Gasteiger partial charge in [-0.05, 0) is 81.1 Å². The Bertz CT molecular complexity index is 1440. The van der Waals surface area contributed by atoms with Crippen LogP contribution in [0.3, 0.4) is 0 Å². The number of halogens is 1. The molecule has 4 rings (SSSR count). The number of carbonyl (C=O) groups excluding carboxylic acids is 2. The highest BCUT2D eigenvalue weighted by atomic mass is 35.5. The van der Waals surface area contributed by atoms with Crippen molar-refractivity contribution in [1.82, 2.24) is 10.2 Å². The van der Waals surface area contributed by atoms with Crippen LogP contribution in [0, 0.1) is 13.8 Å². The average molecular weight is 582 g/mol. The Morgan fingerprint density at radius 2 is 1.57 bits per heavy atom. The summed E-state index contributed by atoms with van der Waals surface area (Å²) in [6.07, 6.45) is 3.98. The molecule has 1 aliphatic rings. The number of nitrogens with zero attached hydrogens (tertiary/aromatic N) is 2. The third kappa shape index (κ3) is 7.04. The molecule has 2 amide bonds. The second kappa shape index (κ2) is 12.9. The number of aryl methyl sites for hydroxylation is 2. The lowest BCUT2D eigenvalue weighted by molar-refractivity contribution is -0.139. The number of carbonyl (C=O) groups is 2. The molecule has 212 valence electrons.